The van der Waals surface area contributed by atoms with Gasteiger partial charge in [-0.05, 0) is 36.0 Å². The van der Waals surface area contributed by atoms with Crippen molar-refractivity contribution in [2.75, 3.05) is 19.8 Å². The fourth-order valence-electron chi connectivity index (χ4n) is 4.52. The van der Waals surface area contributed by atoms with Gasteiger partial charge in [0.25, 0.3) is 0 Å². The number of carbonyl (C=O) groups excluding carboxylic acids is 1. The lowest BCUT2D eigenvalue weighted by Gasteiger charge is -2.36. The first-order chi connectivity index (χ1) is 14.8. The van der Waals surface area contributed by atoms with Crippen LogP contribution in [0.25, 0.3) is 0 Å². The Balaban J connectivity index is 1.49. The Kier molecular flexibility index (Phi) is 6.60. The molecule has 0 saturated carbocycles. The standard InChI is InChI=1S/C27H29NO2/c29-26(27(17-20-30-21-18-27)24-14-8-3-9-15-24)28-19-16-25(22-10-4-1-5-11-22)23-12-6-2-7-13-23/h1-15,25H,16-21H2,(H,28,29). The van der Waals surface area contributed by atoms with E-state index in [1.165, 1.54) is 11.1 Å². The fraction of sp³-hybridized carbons (Fsp3) is 0.296. The number of nitrogens with one attached hydrogen (secondary N) is 1. The molecule has 0 unspecified atom stereocenters. The van der Waals surface area contributed by atoms with E-state index in [-0.39, 0.29) is 11.8 Å². The molecule has 3 aromatic carbocycles. The first kappa shape index (κ1) is 20.4. The van der Waals surface area contributed by atoms with E-state index in [0.29, 0.717) is 19.8 Å². The van der Waals surface area contributed by atoms with Crippen LogP contribution in [0.1, 0.15) is 41.9 Å². The highest BCUT2D eigenvalue weighted by Gasteiger charge is 2.41. The highest BCUT2D eigenvalue weighted by molar-refractivity contribution is 5.88. The second-order valence-electron chi connectivity index (χ2n) is 7.98. The van der Waals surface area contributed by atoms with Crippen LogP contribution in [-0.2, 0) is 14.9 Å². The topological polar surface area (TPSA) is 38.3 Å². The predicted octanol–water partition coefficient (Wildman–Crippen LogP) is 5.07. The maximum absolute atomic E-state index is 13.4. The van der Waals surface area contributed by atoms with Crippen LogP contribution >= 0.6 is 0 Å². The van der Waals surface area contributed by atoms with E-state index in [2.05, 4.69) is 66.0 Å². The van der Waals surface area contributed by atoms with Gasteiger partial charge in [-0.2, -0.15) is 0 Å². The number of carbonyl (C=O) groups is 1. The maximum atomic E-state index is 13.4. The zero-order valence-corrected chi connectivity index (χ0v) is 17.3. The van der Waals surface area contributed by atoms with Gasteiger partial charge < -0.3 is 10.1 Å². The van der Waals surface area contributed by atoms with Crippen molar-refractivity contribution in [2.24, 2.45) is 0 Å². The predicted molar refractivity (Wildman–Crippen MR) is 121 cm³/mol. The lowest BCUT2D eigenvalue weighted by atomic mass is 9.73. The fourth-order valence-corrected chi connectivity index (χ4v) is 4.52. The second-order valence-corrected chi connectivity index (χ2v) is 7.98. The van der Waals surface area contributed by atoms with Gasteiger partial charge in [0.1, 0.15) is 0 Å². The smallest absolute Gasteiger partial charge is 0.230 e. The van der Waals surface area contributed by atoms with Crippen LogP contribution in [0, 0.1) is 0 Å². The minimum absolute atomic E-state index is 0.122. The molecule has 3 nitrogen and oxygen atoms in total. The largest absolute Gasteiger partial charge is 0.381 e. The third-order valence-electron chi connectivity index (χ3n) is 6.23. The van der Waals surface area contributed by atoms with Crippen LogP contribution in [0.15, 0.2) is 91.0 Å². The van der Waals surface area contributed by atoms with Crippen LogP contribution in [-0.4, -0.2) is 25.7 Å². The highest BCUT2D eigenvalue weighted by Crippen LogP contribution is 2.35. The molecule has 0 aliphatic carbocycles. The maximum Gasteiger partial charge on any atom is 0.230 e. The molecule has 1 aliphatic heterocycles. The summed E-state index contributed by atoms with van der Waals surface area (Å²) >= 11 is 0. The molecule has 4 rings (SSSR count). The summed E-state index contributed by atoms with van der Waals surface area (Å²) in [6.45, 7) is 1.89. The molecule has 0 spiro atoms. The Labute approximate surface area is 179 Å². The van der Waals surface area contributed by atoms with Gasteiger partial charge in [-0.1, -0.05) is 91.0 Å². The van der Waals surface area contributed by atoms with Crippen molar-refractivity contribution < 1.29 is 9.53 Å². The van der Waals surface area contributed by atoms with E-state index in [9.17, 15) is 4.79 Å². The molecule has 1 fully saturated rings. The van der Waals surface area contributed by atoms with Gasteiger partial charge in [-0.25, -0.2) is 0 Å². The van der Waals surface area contributed by atoms with Gasteiger partial charge in [0.2, 0.25) is 5.91 Å². The molecular formula is C27H29NO2. The summed E-state index contributed by atoms with van der Waals surface area (Å²) in [6.07, 6.45) is 2.31. The monoisotopic (exact) mass is 399 g/mol. The third-order valence-corrected chi connectivity index (χ3v) is 6.23. The summed E-state index contributed by atoms with van der Waals surface area (Å²) in [5, 5.41) is 3.27. The number of rotatable bonds is 7. The van der Waals surface area contributed by atoms with Crippen LogP contribution in [0.2, 0.25) is 0 Å². The van der Waals surface area contributed by atoms with Gasteiger partial charge in [0.05, 0.1) is 5.41 Å². The number of amides is 1. The molecular weight excluding hydrogens is 370 g/mol. The average molecular weight is 400 g/mol. The molecule has 154 valence electrons. The Morgan fingerprint density at radius 2 is 1.30 bits per heavy atom. The van der Waals surface area contributed by atoms with Crippen LogP contribution in [0.4, 0.5) is 0 Å². The summed E-state index contributed by atoms with van der Waals surface area (Å²) in [6, 6.07) is 31.3. The molecule has 1 saturated heterocycles. The van der Waals surface area contributed by atoms with Gasteiger partial charge in [-0.15, -0.1) is 0 Å². The van der Waals surface area contributed by atoms with E-state index < -0.39 is 5.41 Å². The van der Waals surface area contributed by atoms with Crippen molar-refractivity contribution in [3.05, 3.63) is 108 Å². The molecule has 30 heavy (non-hydrogen) atoms. The number of hydrogen-bond donors (Lipinski definition) is 1. The van der Waals surface area contributed by atoms with E-state index in [4.69, 9.17) is 4.74 Å². The molecule has 1 heterocycles. The minimum Gasteiger partial charge on any atom is -0.381 e. The van der Waals surface area contributed by atoms with Crippen LogP contribution in [0.5, 0.6) is 0 Å². The lowest BCUT2D eigenvalue weighted by molar-refractivity contribution is -0.130. The number of ether oxygens (including phenoxy) is 1. The number of benzene rings is 3. The van der Waals surface area contributed by atoms with Gasteiger partial charge >= 0.3 is 0 Å². The molecule has 0 aromatic heterocycles. The van der Waals surface area contributed by atoms with Gasteiger partial charge in [0.15, 0.2) is 0 Å². The Morgan fingerprint density at radius 1 is 0.800 bits per heavy atom. The van der Waals surface area contributed by atoms with E-state index in [1.54, 1.807) is 0 Å². The Hall–Kier alpha value is -2.91. The van der Waals surface area contributed by atoms with E-state index in [1.807, 2.05) is 30.3 Å². The summed E-state index contributed by atoms with van der Waals surface area (Å²) in [5.41, 5.74) is 3.16. The normalized spacial score (nSPS) is 15.6. The van der Waals surface area contributed by atoms with Gasteiger partial charge in [-0.3, -0.25) is 4.79 Å². The molecule has 0 radical (unpaired) electrons. The molecule has 0 atom stereocenters. The van der Waals surface area contributed by atoms with E-state index >= 15 is 0 Å². The lowest BCUT2D eigenvalue weighted by Crippen LogP contribution is -2.48. The quantitative estimate of drug-likeness (QED) is 0.602. The zero-order valence-electron chi connectivity index (χ0n) is 17.3. The average Bonchev–Trinajstić information content (AvgIpc) is 2.84. The zero-order chi connectivity index (χ0) is 20.7. The summed E-state index contributed by atoms with van der Waals surface area (Å²) < 4.78 is 5.57. The number of hydrogen-bond acceptors (Lipinski definition) is 2. The van der Waals surface area contributed by atoms with Crippen molar-refractivity contribution in [3.63, 3.8) is 0 Å². The van der Waals surface area contributed by atoms with Crippen LogP contribution in [0.3, 0.4) is 0 Å². The van der Waals surface area contributed by atoms with Crippen molar-refractivity contribution in [1.82, 2.24) is 5.32 Å². The Morgan fingerprint density at radius 3 is 1.83 bits per heavy atom. The Bertz CT molecular complexity index is 879. The SMILES string of the molecule is O=C(NCCC(c1ccccc1)c1ccccc1)C1(c2ccccc2)CCOCC1. The van der Waals surface area contributed by atoms with Crippen molar-refractivity contribution in [2.45, 2.75) is 30.6 Å². The molecule has 3 aromatic rings. The third kappa shape index (κ3) is 4.47. The molecule has 1 aliphatic rings. The molecule has 1 N–H and O–H groups in total. The minimum atomic E-state index is -0.492. The summed E-state index contributed by atoms with van der Waals surface area (Å²) in [4.78, 5) is 13.4. The first-order valence-corrected chi connectivity index (χ1v) is 10.8. The first-order valence-electron chi connectivity index (χ1n) is 10.8. The van der Waals surface area contributed by atoms with E-state index in [0.717, 1.165) is 24.8 Å². The highest BCUT2D eigenvalue weighted by atomic mass is 16.5. The molecule has 0 bridgehead atoms. The van der Waals surface area contributed by atoms with Crippen molar-refractivity contribution in [3.8, 4) is 0 Å². The van der Waals surface area contributed by atoms with Crippen LogP contribution < -0.4 is 5.32 Å². The van der Waals surface area contributed by atoms with Crippen molar-refractivity contribution >= 4 is 5.91 Å². The molecule has 1 amide bonds. The summed E-state index contributed by atoms with van der Waals surface area (Å²) in [5.74, 6) is 0.381. The second kappa shape index (κ2) is 9.73. The molecule has 3 heteroatoms. The van der Waals surface area contributed by atoms with Gasteiger partial charge in [0, 0.05) is 25.7 Å². The van der Waals surface area contributed by atoms with Crippen molar-refractivity contribution in [1.29, 1.82) is 0 Å². The summed E-state index contributed by atoms with van der Waals surface area (Å²) in [7, 11) is 0.